The number of ether oxygens (including phenoxy) is 1. The van der Waals surface area contributed by atoms with Crippen LogP contribution in [0.3, 0.4) is 0 Å². The quantitative estimate of drug-likeness (QED) is 0.749. The summed E-state index contributed by atoms with van der Waals surface area (Å²) >= 11 is 0. The molecule has 1 atom stereocenters. The van der Waals surface area contributed by atoms with Crippen LogP contribution in [0.15, 0.2) is 22.8 Å². The van der Waals surface area contributed by atoms with E-state index in [-0.39, 0.29) is 30.1 Å². The first-order valence-electron chi connectivity index (χ1n) is 11.0. The highest BCUT2D eigenvalue weighted by molar-refractivity contribution is 5.96. The van der Waals surface area contributed by atoms with Crippen molar-refractivity contribution in [2.24, 2.45) is 5.92 Å². The number of carbonyl (C=O) groups excluding carboxylic acids is 3. The summed E-state index contributed by atoms with van der Waals surface area (Å²) in [5, 5.41) is 0. The van der Waals surface area contributed by atoms with Crippen LogP contribution in [-0.4, -0.2) is 77.0 Å². The lowest BCUT2D eigenvalue weighted by atomic mass is 9.96. The highest BCUT2D eigenvalue weighted by Crippen LogP contribution is 2.39. The second-order valence-corrected chi connectivity index (χ2v) is 8.94. The van der Waals surface area contributed by atoms with E-state index in [1.807, 2.05) is 23.6 Å². The van der Waals surface area contributed by atoms with E-state index in [0.717, 1.165) is 25.9 Å². The number of nitrogens with zero attached hydrogens (tertiary/aromatic N) is 3. The van der Waals surface area contributed by atoms with Crippen LogP contribution in [0.2, 0.25) is 0 Å². The summed E-state index contributed by atoms with van der Waals surface area (Å²) < 4.78 is 11.6. The van der Waals surface area contributed by atoms with E-state index in [1.54, 1.807) is 17.0 Å². The van der Waals surface area contributed by atoms with Crippen LogP contribution in [0.25, 0.3) is 0 Å². The fourth-order valence-electron chi connectivity index (χ4n) is 4.81. The third-order valence-corrected chi connectivity index (χ3v) is 6.39. The van der Waals surface area contributed by atoms with Gasteiger partial charge in [0.25, 0.3) is 5.91 Å². The third-order valence-electron chi connectivity index (χ3n) is 6.39. The molecule has 1 spiro atoms. The van der Waals surface area contributed by atoms with Crippen molar-refractivity contribution in [3.05, 3.63) is 24.2 Å². The Hall–Kier alpha value is -2.35. The molecular weight excluding hydrogens is 386 g/mol. The molecule has 4 rings (SSSR count). The number of amides is 3. The predicted octanol–water partition coefficient (Wildman–Crippen LogP) is 2.11. The number of furan rings is 1. The number of carbonyl (C=O) groups is 3. The number of hydrogen-bond donors (Lipinski definition) is 0. The summed E-state index contributed by atoms with van der Waals surface area (Å²) in [6.07, 6.45) is 4.94. The van der Waals surface area contributed by atoms with E-state index in [1.165, 1.54) is 6.26 Å². The fraction of sp³-hybridized carbons (Fsp3) is 0.682. The Morgan fingerprint density at radius 2 is 1.80 bits per heavy atom. The molecular formula is C22H31N3O5. The largest absolute Gasteiger partial charge is 0.459 e. The summed E-state index contributed by atoms with van der Waals surface area (Å²) in [5.74, 6) is 0.263. The molecule has 8 nitrogen and oxygen atoms in total. The van der Waals surface area contributed by atoms with E-state index in [2.05, 4.69) is 0 Å². The Labute approximate surface area is 177 Å². The molecule has 4 heterocycles. The minimum Gasteiger partial charge on any atom is -0.459 e. The van der Waals surface area contributed by atoms with Crippen LogP contribution in [0.1, 0.15) is 56.5 Å². The molecule has 0 aliphatic carbocycles. The van der Waals surface area contributed by atoms with Crippen LogP contribution in [0, 0.1) is 5.92 Å². The Balaban J connectivity index is 1.55. The first kappa shape index (κ1) is 20.9. The molecule has 3 amide bonds. The zero-order valence-electron chi connectivity index (χ0n) is 17.8. The van der Waals surface area contributed by atoms with Crippen molar-refractivity contribution < 1.29 is 23.5 Å². The van der Waals surface area contributed by atoms with Crippen LogP contribution in [0.4, 0.5) is 0 Å². The number of likely N-dealkylation sites (tertiary alicyclic amines) is 2. The molecule has 0 N–H and O–H groups in total. The van der Waals surface area contributed by atoms with E-state index in [0.29, 0.717) is 38.3 Å². The average Bonchev–Trinajstić information content (AvgIpc) is 3.48. The summed E-state index contributed by atoms with van der Waals surface area (Å²) in [6.45, 7) is 6.71. The van der Waals surface area contributed by atoms with Gasteiger partial charge in [-0.15, -0.1) is 0 Å². The molecule has 0 bridgehead atoms. The number of hydrogen-bond acceptors (Lipinski definition) is 5. The Morgan fingerprint density at radius 3 is 2.40 bits per heavy atom. The molecule has 3 aliphatic heterocycles. The first-order chi connectivity index (χ1) is 14.4. The molecule has 0 aromatic carbocycles. The van der Waals surface area contributed by atoms with E-state index in [9.17, 15) is 14.4 Å². The van der Waals surface area contributed by atoms with Gasteiger partial charge in [0.1, 0.15) is 11.8 Å². The lowest BCUT2D eigenvalue weighted by Gasteiger charge is -2.44. The normalized spacial score (nSPS) is 23.6. The molecule has 8 heteroatoms. The molecule has 0 radical (unpaired) electrons. The maximum Gasteiger partial charge on any atom is 0.292 e. The van der Waals surface area contributed by atoms with Gasteiger partial charge in [-0.25, -0.2) is 0 Å². The maximum atomic E-state index is 13.4. The molecule has 0 saturated carbocycles. The summed E-state index contributed by atoms with van der Waals surface area (Å²) in [5.41, 5.74) is -0.876. The highest BCUT2D eigenvalue weighted by atomic mass is 16.5. The second kappa shape index (κ2) is 8.41. The van der Waals surface area contributed by atoms with Crippen LogP contribution in [0.5, 0.6) is 0 Å². The summed E-state index contributed by atoms with van der Waals surface area (Å²) in [6, 6.07) is 2.63. The topological polar surface area (TPSA) is 83.3 Å². The molecule has 0 unspecified atom stereocenters. The van der Waals surface area contributed by atoms with Gasteiger partial charge in [0.2, 0.25) is 11.8 Å². The van der Waals surface area contributed by atoms with Gasteiger partial charge in [-0.05, 0) is 30.9 Å². The van der Waals surface area contributed by atoms with Gasteiger partial charge in [-0.2, -0.15) is 0 Å². The molecule has 30 heavy (non-hydrogen) atoms. The Morgan fingerprint density at radius 1 is 1.10 bits per heavy atom. The number of rotatable bonds is 4. The Kier molecular flexibility index (Phi) is 5.86. The molecule has 3 fully saturated rings. The van der Waals surface area contributed by atoms with Crippen molar-refractivity contribution in [2.45, 2.75) is 57.7 Å². The van der Waals surface area contributed by atoms with E-state index < -0.39 is 11.8 Å². The standard InChI is InChI=1S/C22H31N3O5/c1-16(2)14-19(26)23-11-7-22(8-12-23)25(21(28)18-6-5-13-29-18)17(15-30-22)20(27)24-9-3-4-10-24/h5-6,13,16-17H,3-4,7-12,14-15H2,1-2H3/t17-/m1/s1. The van der Waals surface area contributed by atoms with Crippen LogP contribution in [-0.2, 0) is 14.3 Å². The number of piperidine rings is 1. The SMILES string of the molecule is CC(C)CC(=O)N1CCC2(CC1)OC[C@H](C(=O)N1CCCC1)N2C(=O)c1ccco1. The lowest BCUT2D eigenvalue weighted by Crippen LogP contribution is -2.60. The van der Waals surface area contributed by atoms with E-state index in [4.69, 9.17) is 9.15 Å². The maximum absolute atomic E-state index is 13.4. The minimum absolute atomic E-state index is 0.0532. The van der Waals surface area contributed by atoms with Crippen LogP contribution >= 0.6 is 0 Å². The zero-order chi connectivity index (χ0) is 21.3. The van der Waals surface area contributed by atoms with Crippen molar-refractivity contribution in [3.8, 4) is 0 Å². The Bertz CT molecular complexity index is 777. The smallest absolute Gasteiger partial charge is 0.292 e. The monoisotopic (exact) mass is 417 g/mol. The van der Waals surface area contributed by atoms with Gasteiger partial charge in [0.15, 0.2) is 5.76 Å². The molecule has 164 valence electrons. The predicted molar refractivity (Wildman–Crippen MR) is 108 cm³/mol. The van der Waals surface area contributed by atoms with Gasteiger partial charge in [-0.3, -0.25) is 19.3 Å². The van der Waals surface area contributed by atoms with Gasteiger partial charge >= 0.3 is 0 Å². The van der Waals surface area contributed by atoms with Crippen LogP contribution < -0.4 is 0 Å². The molecule has 1 aromatic heterocycles. The van der Waals surface area contributed by atoms with Crippen molar-refractivity contribution >= 4 is 17.7 Å². The second-order valence-electron chi connectivity index (χ2n) is 8.94. The molecule has 1 aromatic rings. The average molecular weight is 418 g/mol. The van der Waals surface area contributed by atoms with Gasteiger partial charge < -0.3 is 19.0 Å². The van der Waals surface area contributed by atoms with Crippen molar-refractivity contribution in [2.75, 3.05) is 32.8 Å². The highest BCUT2D eigenvalue weighted by Gasteiger charge is 2.55. The summed E-state index contributed by atoms with van der Waals surface area (Å²) in [4.78, 5) is 44.4. The lowest BCUT2D eigenvalue weighted by molar-refractivity contribution is -0.145. The molecule has 3 aliphatic rings. The first-order valence-corrected chi connectivity index (χ1v) is 11.0. The van der Waals surface area contributed by atoms with Crippen molar-refractivity contribution in [3.63, 3.8) is 0 Å². The van der Waals surface area contributed by atoms with E-state index >= 15 is 0 Å². The molecule has 3 saturated heterocycles. The van der Waals surface area contributed by atoms with Crippen molar-refractivity contribution in [1.82, 2.24) is 14.7 Å². The summed E-state index contributed by atoms with van der Waals surface area (Å²) in [7, 11) is 0. The van der Waals surface area contributed by atoms with Gasteiger partial charge in [-0.1, -0.05) is 13.8 Å². The van der Waals surface area contributed by atoms with Crippen molar-refractivity contribution in [1.29, 1.82) is 0 Å². The third kappa shape index (κ3) is 3.85. The zero-order valence-corrected chi connectivity index (χ0v) is 17.8. The van der Waals surface area contributed by atoms with Gasteiger partial charge in [0, 0.05) is 45.4 Å². The fourth-order valence-corrected chi connectivity index (χ4v) is 4.81. The van der Waals surface area contributed by atoms with Gasteiger partial charge in [0.05, 0.1) is 12.9 Å². The minimum atomic E-state index is -0.876.